The van der Waals surface area contributed by atoms with Crippen LogP contribution in [0.5, 0.6) is 0 Å². The number of anilines is 1. The van der Waals surface area contributed by atoms with Crippen LogP contribution in [0.25, 0.3) is 0 Å². The number of pyridine rings is 1. The van der Waals surface area contributed by atoms with Gasteiger partial charge < -0.3 is 20.4 Å². The average molecular weight is 430 g/mol. The Morgan fingerprint density at radius 2 is 1.81 bits per heavy atom. The van der Waals surface area contributed by atoms with E-state index in [0.717, 1.165) is 57.6 Å². The van der Waals surface area contributed by atoms with Crippen molar-refractivity contribution in [2.24, 2.45) is 4.99 Å². The molecule has 1 amide bonds. The Kier molecular flexibility index (Phi) is 8.94. The van der Waals surface area contributed by atoms with Gasteiger partial charge >= 0.3 is 0 Å². The summed E-state index contributed by atoms with van der Waals surface area (Å²) in [4.78, 5) is 28.0. The van der Waals surface area contributed by atoms with Crippen molar-refractivity contribution in [3.63, 3.8) is 0 Å². The number of rotatable bonds is 6. The second-order valence-electron chi connectivity index (χ2n) is 8.81. The van der Waals surface area contributed by atoms with Gasteiger partial charge in [0.2, 0.25) is 5.91 Å². The van der Waals surface area contributed by atoms with Gasteiger partial charge in [0.15, 0.2) is 5.96 Å². The van der Waals surface area contributed by atoms with Gasteiger partial charge in [-0.3, -0.25) is 14.7 Å². The van der Waals surface area contributed by atoms with Crippen LogP contribution in [0.2, 0.25) is 0 Å². The molecule has 0 bridgehead atoms. The number of aromatic nitrogens is 1. The van der Waals surface area contributed by atoms with Crippen LogP contribution in [0.1, 0.15) is 45.1 Å². The molecule has 2 saturated heterocycles. The zero-order valence-corrected chi connectivity index (χ0v) is 19.4. The lowest BCUT2D eigenvalue weighted by molar-refractivity contribution is -0.123. The molecule has 172 valence electrons. The molecule has 0 aliphatic carbocycles. The zero-order chi connectivity index (χ0) is 22.1. The van der Waals surface area contributed by atoms with Crippen LogP contribution in [-0.2, 0) is 11.3 Å². The molecule has 1 aromatic rings. The van der Waals surface area contributed by atoms with E-state index in [4.69, 9.17) is 0 Å². The number of carbonyl (C=O) groups excluding carboxylic acids is 1. The number of amides is 1. The smallest absolute Gasteiger partial charge is 0.234 e. The molecule has 31 heavy (non-hydrogen) atoms. The van der Waals surface area contributed by atoms with E-state index in [9.17, 15) is 4.79 Å². The van der Waals surface area contributed by atoms with E-state index >= 15 is 0 Å². The zero-order valence-electron chi connectivity index (χ0n) is 19.4. The lowest BCUT2D eigenvalue weighted by Gasteiger charge is -2.36. The molecular formula is C23H39N7O. The summed E-state index contributed by atoms with van der Waals surface area (Å²) in [6.45, 7) is 10.8. The number of piperazine rings is 1. The van der Waals surface area contributed by atoms with E-state index in [1.807, 2.05) is 27.1 Å². The fraction of sp³-hybridized carbons (Fsp3) is 0.696. The summed E-state index contributed by atoms with van der Waals surface area (Å²) in [6.07, 6.45) is 7.07. The monoisotopic (exact) mass is 429 g/mol. The molecule has 8 heteroatoms. The molecule has 8 nitrogen and oxygen atoms in total. The van der Waals surface area contributed by atoms with E-state index in [-0.39, 0.29) is 11.9 Å². The predicted molar refractivity (Wildman–Crippen MR) is 126 cm³/mol. The molecule has 0 aromatic carbocycles. The van der Waals surface area contributed by atoms with Gasteiger partial charge in [0.1, 0.15) is 5.82 Å². The lowest BCUT2D eigenvalue weighted by Crippen LogP contribution is -2.54. The van der Waals surface area contributed by atoms with E-state index in [1.54, 1.807) is 0 Å². The molecule has 3 rings (SSSR count). The minimum atomic E-state index is 0.101. The maximum atomic E-state index is 12.0. The largest absolute Gasteiger partial charge is 0.357 e. The minimum absolute atomic E-state index is 0.101. The summed E-state index contributed by atoms with van der Waals surface area (Å²) in [6, 6.07) is 4.47. The Morgan fingerprint density at radius 1 is 1.10 bits per heavy atom. The number of hydrogen-bond acceptors (Lipinski definition) is 5. The number of carbonyl (C=O) groups is 1. The first kappa shape index (κ1) is 23.3. The van der Waals surface area contributed by atoms with Crippen LogP contribution in [0.15, 0.2) is 23.3 Å². The van der Waals surface area contributed by atoms with Gasteiger partial charge in [-0.05, 0) is 44.4 Å². The third kappa shape index (κ3) is 7.38. The molecule has 2 N–H and O–H groups in total. The predicted octanol–water partition coefficient (Wildman–Crippen LogP) is 1.68. The second kappa shape index (κ2) is 11.9. The number of aliphatic imine (C=N–C) groups is 1. The Balaban J connectivity index is 1.48. The third-order valence-electron chi connectivity index (χ3n) is 5.89. The quantitative estimate of drug-likeness (QED) is 0.529. The number of hydrogen-bond donors (Lipinski definition) is 2. The molecule has 2 aliphatic heterocycles. The maximum absolute atomic E-state index is 12.0. The summed E-state index contributed by atoms with van der Waals surface area (Å²) in [5.74, 6) is 2.10. The van der Waals surface area contributed by atoms with Crippen molar-refractivity contribution >= 4 is 17.7 Å². The van der Waals surface area contributed by atoms with Crippen molar-refractivity contribution in [1.82, 2.24) is 25.4 Å². The number of guanidine groups is 1. The second-order valence-corrected chi connectivity index (χ2v) is 8.81. The molecule has 0 spiro atoms. The lowest BCUT2D eigenvalue weighted by atomic mass is 10.2. The van der Waals surface area contributed by atoms with Gasteiger partial charge in [-0.25, -0.2) is 4.98 Å². The van der Waals surface area contributed by atoms with Crippen molar-refractivity contribution in [3.8, 4) is 0 Å². The van der Waals surface area contributed by atoms with Gasteiger partial charge in [-0.2, -0.15) is 0 Å². The highest BCUT2D eigenvalue weighted by atomic mass is 16.2. The number of nitrogens with zero attached hydrogens (tertiary/aromatic N) is 5. The molecule has 2 aliphatic rings. The molecule has 0 radical (unpaired) electrons. The van der Waals surface area contributed by atoms with Crippen molar-refractivity contribution in [3.05, 3.63) is 23.9 Å². The average Bonchev–Trinajstić information content (AvgIpc) is 3.04. The molecule has 0 atom stereocenters. The Morgan fingerprint density at radius 3 is 2.45 bits per heavy atom. The van der Waals surface area contributed by atoms with Crippen LogP contribution in [0.3, 0.4) is 0 Å². The standard InChI is InChI=1S/C23H39N7O/c1-19(2)27-22(31)18-28-12-14-30(15-13-28)23(24-3)26-17-20-8-9-25-21(16-20)29-10-6-4-5-7-11-29/h8-9,16,19H,4-7,10-15,17-18H2,1-3H3,(H,24,26)(H,27,31). The minimum Gasteiger partial charge on any atom is -0.357 e. The van der Waals surface area contributed by atoms with Gasteiger partial charge in [0, 0.05) is 65.1 Å². The highest BCUT2D eigenvalue weighted by molar-refractivity contribution is 5.80. The summed E-state index contributed by atoms with van der Waals surface area (Å²) in [7, 11) is 1.83. The van der Waals surface area contributed by atoms with Crippen molar-refractivity contribution < 1.29 is 4.79 Å². The Bertz CT molecular complexity index is 720. The molecule has 2 fully saturated rings. The van der Waals surface area contributed by atoms with E-state index in [0.29, 0.717) is 6.54 Å². The fourth-order valence-corrected chi connectivity index (χ4v) is 4.25. The van der Waals surface area contributed by atoms with Gasteiger partial charge in [-0.15, -0.1) is 0 Å². The molecule has 0 unspecified atom stereocenters. The SMILES string of the molecule is CN=C(NCc1ccnc(N2CCCCCC2)c1)N1CCN(CC(=O)NC(C)C)CC1. The first-order valence-electron chi connectivity index (χ1n) is 11.7. The van der Waals surface area contributed by atoms with E-state index in [2.05, 4.69) is 47.4 Å². The maximum Gasteiger partial charge on any atom is 0.234 e. The highest BCUT2D eigenvalue weighted by Gasteiger charge is 2.21. The van der Waals surface area contributed by atoms with Gasteiger partial charge in [0.05, 0.1) is 6.54 Å². The van der Waals surface area contributed by atoms with Crippen LogP contribution in [0, 0.1) is 0 Å². The van der Waals surface area contributed by atoms with Crippen molar-refractivity contribution in [2.75, 3.05) is 57.8 Å². The van der Waals surface area contributed by atoms with Crippen molar-refractivity contribution in [1.29, 1.82) is 0 Å². The molecule has 3 heterocycles. The summed E-state index contributed by atoms with van der Waals surface area (Å²) >= 11 is 0. The highest BCUT2D eigenvalue weighted by Crippen LogP contribution is 2.18. The topological polar surface area (TPSA) is 76.1 Å². The van der Waals surface area contributed by atoms with Crippen LogP contribution in [-0.4, -0.2) is 85.6 Å². The molecular weight excluding hydrogens is 390 g/mol. The Hall–Kier alpha value is -2.35. The first-order chi connectivity index (χ1) is 15.0. The van der Waals surface area contributed by atoms with Gasteiger partial charge in [0.25, 0.3) is 0 Å². The summed E-state index contributed by atoms with van der Waals surface area (Å²) < 4.78 is 0. The molecule has 1 aromatic heterocycles. The van der Waals surface area contributed by atoms with E-state index in [1.165, 1.54) is 31.2 Å². The molecule has 0 saturated carbocycles. The van der Waals surface area contributed by atoms with Crippen LogP contribution >= 0.6 is 0 Å². The third-order valence-corrected chi connectivity index (χ3v) is 5.89. The first-order valence-corrected chi connectivity index (χ1v) is 11.7. The van der Waals surface area contributed by atoms with Crippen LogP contribution < -0.4 is 15.5 Å². The number of nitrogens with one attached hydrogen (secondary N) is 2. The summed E-state index contributed by atoms with van der Waals surface area (Å²) in [5, 5.41) is 6.48. The van der Waals surface area contributed by atoms with E-state index < -0.39 is 0 Å². The van der Waals surface area contributed by atoms with Crippen molar-refractivity contribution in [2.45, 2.75) is 52.1 Å². The van der Waals surface area contributed by atoms with Gasteiger partial charge in [-0.1, -0.05) is 12.8 Å². The fourth-order valence-electron chi connectivity index (χ4n) is 4.25. The van der Waals surface area contributed by atoms with Crippen LogP contribution in [0.4, 0.5) is 5.82 Å². The summed E-state index contributed by atoms with van der Waals surface area (Å²) in [5.41, 5.74) is 1.22. The normalized spacial score (nSPS) is 18.8. The Labute approximate surface area is 187 Å².